The predicted molar refractivity (Wildman–Crippen MR) is 191 cm³/mol. The van der Waals surface area contributed by atoms with Gasteiger partial charge in [-0.1, -0.05) is 81.4 Å². The van der Waals surface area contributed by atoms with Crippen molar-refractivity contribution in [3.05, 3.63) is 126 Å². The number of aromatic hydroxyl groups is 1. The molecule has 0 radical (unpaired) electrons. The number of pyridine rings is 1. The van der Waals surface area contributed by atoms with Crippen molar-refractivity contribution in [2.75, 3.05) is 0 Å². The van der Waals surface area contributed by atoms with E-state index in [-0.39, 0.29) is 11.2 Å². The van der Waals surface area contributed by atoms with E-state index in [1.54, 1.807) is 17.4 Å². The monoisotopic (exact) mass is 604 g/mol. The van der Waals surface area contributed by atoms with Crippen LogP contribution in [-0.4, -0.2) is 15.1 Å². The Bertz CT molecular complexity index is 2230. The minimum atomic E-state index is -0.0464. The zero-order valence-electron chi connectivity index (χ0n) is 26.6. The number of para-hydroxylation sites is 1. The molecule has 0 aliphatic carbocycles. The van der Waals surface area contributed by atoms with E-state index in [1.165, 1.54) is 33.2 Å². The molecule has 0 aliphatic rings. The molecule has 0 bridgehead atoms. The maximum atomic E-state index is 11.0. The van der Waals surface area contributed by atoms with Gasteiger partial charge in [0.1, 0.15) is 10.8 Å². The lowest BCUT2D eigenvalue weighted by molar-refractivity contribution is 0.476. The third kappa shape index (κ3) is 5.19. The molecule has 0 unspecified atom stereocenters. The van der Waals surface area contributed by atoms with Crippen molar-refractivity contribution in [1.29, 1.82) is 0 Å². The summed E-state index contributed by atoms with van der Waals surface area (Å²) in [6, 6.07) is 34.1. The van der Waals surface area contributed by atoms with Crippen molar-refractivity contribution < 1.29 is 5.11 Å². The second kappa shape index (κ2) is 11.0. The number of aryl methyl sites for hydroxylation is 3. The highest BCUT2D eigenvalue weighted by atomic mass is 32.1. The van der Waals surface area contributed by atoms with Crippen molar-refractivity contribution in [2.24, 2.45) is 0 Å². The van der Waals surface area contributed by atoms with Gasteiger partial charge >= 0.3 is 0 Å². The fourth-order valence-electron chi connectivity index (χ4n) is 6.35. The molecule has 0 fully saturated rings. The van der Waals surface area contributed by atoms with Crippen molar-refractivity contribution in [2.45, 2.75) is 47.0 Å². The first kappa shape index (κ1) is 28.9. The Morgan fingerprint density at radius 2 is 1.33 bits per heavy atom. The normalized spacial score (nSPS) is 11.9. The molecule has 7 rings (SSSR count). The molecule has 5 aromatic carbocycles. The van der Waals surface area contributed by atoms with Crippen LogP contribution in [0.15, 0.2) is 103 Å². The van der Waals surface area contributed by atoms with E-state index < -0.39 is 0 Å². The molecule has 0 spiro atoms. The summed E-state index contributed by atoms with van der Waals surface area (Å²) in [6.07, 6.45) is 1.89. The first-order valence-corrected chi connectivity index (χ1v) is 16.2. The molecule has 0 amide bonds. The van der Waals surface area contributed by atoms with E-state index in [0.29, 0.717) is 0 Å². The number of hydrogen-bond donors (Lipinski definition) is 1. The largest absolute Gasteiger partial charge is 0.507 e. The van der Waals surface area contributed by atoms with Crippen LogP contribution in [0.3, 0.4) is 0 Å². The van der Waals surface area contributed by atoms with Gasteiger partial charge < -0.3 is 5.11 Å². The van der Waals surface area contributed by atoms with Crippen LogP contribution in [-0.2, 0) is 5.41 Å². The summed E-state index contributed by atoms with van der Waals surface area (Å²) in [5.41, 5.74) is 14.4. The third-order valence-electron chi connectivity index (χ3n) is 8.83. The van der Waals surface area contributed by atoms with Crippen LogP contribution in [0.25, 0.3) is 65.1 Å². The summed E-state index contributed by atoms with van der Waals surface area (Å²) in [5, 5.41) is 13.0. The Hall–Kier alpha value is -4.80. The Kier molecular flexibility index (Phi) is 7.06. The summed E-state index contributed by atoms with van der Waals surface area (Å²) in [7, 11) is 0. The summed E-state index contributed by atoms with van der Waals surface area (Å²) in [4.78, 5) is 10.0. The quantitative estimate of drug-likeness (QED) is 0.217. The molecule has 2 heterocycles. The molecule has 45 heavy (non-hydrogen) atoms. The highest BCUT2D eigenvalue weighted by Gasteiger charge is 2.21. The van der Waals surface area contributed by atoms with Gasteiger partial charge in [-0.3, -0.25) is 4.98 Å². The predicted octanol–water partition coefficient (Wildman–Crippen LogP) is 11.4. The van der Waals surface area contributed by atoms with E-state index in [4.69, 9.17) is 9.97 Å². The lowest BCUT2D eigenvalue weighted by Gasteiger charge is -2.19. The molecule has 2 aromatic heterocycles. The Morgan fingerprint density at radius 1 is 0.622 bits per heavy atom. The molecular weight excluding hydrogens is 569 g/mol. The van der Waals surface area contributed by atoms with Gasteiger partial charge in [0.2, 0.25) is 0 Å². The number of thiazole rings is 1. The number of aromatic nitrogens is 2. The zero-order chi connectivity index (χ0) is 31.5. The average molecular weight is 605 g/mol. The number of phenols is 1. The van der Waals surface area contributed by atoms with Crippen LogP contribution < -0.4 is 0 Å². The lowest BCUT2D eigenvalue weighted by atomic mass is 9.86. The van der Waals surface area contributed by atoms with Gasteiger partial charge in [0, 0.05) is 22.7 Å². The molecular formula is C41H36N2OS. The first-order chi connectivity index (χ1) is 21.6. The van der Waals surface area contributed by atoms with E-state index >= 15 is 0 Å². The van der Waals surface area contributed by atoms with Crippen molar-refractivity contribution in [1.82, 2.24) is 9.97 Å². The summed E-state index contributed by atoms with van der Waals surface area (Å²) in [5.74, 6) is 0.249. The van der Waals surface area contributed by atoms with E-state index in [2.05, 4.69) is 126 Å². The van der Waals surface area contributed by atoms with Gasteiger partial charge in [0.05, 0.1) is 21.3 Å². The molecule has 7 aromatic rings. The van der Waals surface area contributed by atoms with Gasteiger partial charge in [-0.15, -0.1) is 11.3 Å². The number of rotatable bonds is 4. The zero-order valence-corrected chi connectivity index (χ0v) is 27.4. The van der Waals surface area contributed by atoms with Crippen molar-refractivity contribution >= 4 is 32.5 Å². The van der Waals surface area contributed by atoms with Crippen LogP contribution in [0.2, 0.25) is 0 Å². The second-order valence-corrected chi connectivity index (χ2v) is 14.1. The smallest absolute Gasteiger partial charge is 0.128 e. The van der Waals surface area contributed by atoms with Crippen LogP contribution >= 0.6 is 11.3 Å². The summed E-state index contributed by atoms with van der Waals surface area (Å²) in [6.45, 7) is 13.1. The molecule has 0 atom stereocenters. The highest BCUT2D eigenvalue weighted by molar-refractivity contribution is 7.21. The number of hydrogen-bond acceptors (Lipinski definition) is 4. The molecule has 4 heteroatoms. The fourth-order valence-corrected chi connectivity index (χ4v) is 7.41. The van der Waals surface area contributed by atoms with E-state index in [0.717, 1.165) is 54.1 Å². The molecule has 222 valence electrons. The molecule has 3 nitrogen and oxygen atoms in total. The maximum absolute atomic E-state index is 11.0. The Morgan fingerprint density at radius 3 is 2.09 bits per heavy atom. The minimum absolute atomic E-state index is 0.0464. The van der Waals surface area contributed by atoms with Gasteiger partial charge in [0.25, 0.3) is 0 Å². The molecule has 0 saturated carbocycles. The standard InChI is InChI=1S/C41H36N2OS/c1-24-18-19-42-38-31(24)14-9-15-32(38)27-12-8-13-28(20-27)33-21-29(37-25(2)10-7-11-26(37)3)22-36-39(33)43-40(45-36)34-23-30(41(4,5)6)16-17-35(34)44/h7-23,44H,1-6H3. The van der Waals surface area contributed by atoms with Gasteiger partial charge in [-0.05, 0) is 107 Å². The number of phenolic OH excluding ortho intramolecular Hbond substituents is 1. The Labute approximate surface area is 268 Å². The summed E-state index contributed by atoms with van der Waals surface area (Å²) >= 11 is 1.64. The van der Waals surface area contributed by atoms with E-state index in [1.807, 2.05) is 12.3 Å². The van der Waals surface area contributed by atoms with E-state index in [9.17, 15) is 5.11 Å². The van der Waals surface area contributed by atoms with Crippen molar-refractivity contribution in [3.63, 3.8) is 0 Å². The number of nitrogens with zero attached hydrogens (tertiary/aromatic N) is 2. The molecule has 0 saturated heterocycles. The highest BCUT2D eigenvalue weighted by Crippen LogP contribution is 2.44. The Balaban J connectivity index is 1.47. The maximum Gasteiger partial charge on any atom is 0.128 e. The minimum Gasteiger partial charge on any atom is -0.507 e. The topological polar surface area (TPSA) is 46.0 Å². The van der Waals surface area contributed by atoms with Gasteiger partial charge in [-0.25, -0.2) is 4.98 Å². The van der Waals surface area contributed by atoms with Crippen molar-refractivity contribution in [3.8, 4) is 49.7 Å². The molecule has 0 aliphatic heterocycles. The SMILES string of the molecule is Cc1cccc(C)c1-c1cc(-c2cccc(-c3cccc4c(C)ccnc34)c2)c2nc(-c3cc(C(C)(C)C)ccc3O)sc2c1. The number of fused-ring (bicyclic) bond motifs is 2. The average Bonchev–Trinajstić information content (AvgIpc) is 3.44. The number of benzene rings is 5. The second-order valence-electron chi connectivity index (χ2n) is 13.0. The lowest BCUT2D eigenvalue weighted by Crippen LogP contribution is -2.10. The van der Waals surface area contributed by atoms with Crippen LogP contribution in [0.1, 0.15) is 43.0 Å². The van der Waals surface area contributed by atoms with Crippen LogP contribution in [0.5, 0.6) is 5.75 Å². The molecule has 1 N–H and O–H groups in total. The van der Waals surface area contributed by atoms with Crippen LogP contribution in [0, 0.1) is 20.8 Å². The third-order valence-corrected chi connectivity index (χ3v) is 9.87. The fraction of sp³-hybridized carbons (Fsp3) is 0.171. The first-order valence-electron chi connectivity index (χ1n) is 15.4. The van der Waals surface area contributed by atoms with Gasteiger partial charge in [0.15, 0.2) is 0 Å². The van der Waals surface area contributed by atoms with Gasteiger partial charge in [-0.2, -0.15) is 0 Å². The summed E-state index contributed by atoms with van der Waals surface area (Å²) < 4.78 is 1.09. The van der Waals surface area contributed by atoms with Crippen LogP contribution in [0.4, 0.5) is 0 Å².